The first-order valence-corrected chi connectivity index (χ1v) is 6.46. The summed E-state index contributed by atoms with van der Waals surface area (Å²) >= 11 is 0. The van der Waals surface area contributed by atoms with Crippen LogP contribution in [-0.2, 0) is 15.6 Å². The normalized spacial score (nSPS) is 19.5. The zero-order valence-electron chi connectivity index (χ0n) is 8.33. The number of carbonyl (C=O) groups is 1. The summed E-state index contributed by atoms with van der Waals surface area (Å²) in [6.45, 7) is 0.905. The molecule has 1 atom stereocenters. The number of rotatable bonds is 5. The van der Waals surface area contributed by atoms with E-state index in [-0.39, 0.29) is 16.9 Å². The number of carbonyl (C=O) groups excluding carboxylic acids is 1. The minimum atomic E-state index is -0.982. The molecule has 0 saturated heterocycles. The van der Waals surface area contributed by atoms with Gasteiger partial charge in [-0.25, -0.2) is 0 Å². The van der Waals surface area contributed by atoms with Crippen LogP contribution in [0.3, 0.4) is 0 Å². The molecular formula is C9H18N2O2S. The predicted octanol–water partition coefficient (Wildman–Crippen LogP) is -0.247. The molecule has 1 saturated carbocycles. The first-order chi connectivity index (χ1) is 6.74. The lowest BCUT2D eigenvalue weighted by molar-refractivity contribution is -0.118. The van der Waals surface area contributed by atoms with E-state index in [0.29, 0.717) is 13.1 Å². The van der Waals surface area contributed by atoms with Crippen LogP contribution < -0.4 is 11.1 Å². The summed E-state index contributed by atoms with van der Waals surface area (Å²) in [5.74, 6) is 0.00526. The molecule has 0 aliphatic heterocycles. The van der Waals surface area contributed by atoms with Crippen molar-refractivity contribution < 1.29 is 9.00 Å². The lowest BCUT2D eigenvalue weighted by atomic mass is 10.4. The van der Waals surface area contributed by atoms with E-state index in [4.69, 9.17) is 5.73 Å². The average Bonchev–Trinajstić information content (AvgIpc) is 2.67. The van der Waals surface area contributed by atoms with E-state index < -0.39 is 10.8 Å². The largest absolute Gasteiger partial charge is 0.354 e. The number of nitrogens with two attached hydrogens (primary N) is 1. The number of hydrogen-bond donors (Lipinski definition) is 2. The van der Waals surface area contributed by atoms with Gasteiger partial charge in [-0.1, -0.05) is 12.8 Å². The van der Waals surface area contributed by atoms with E-state index in [1.54, 1.807) is 0 Å². The van der Waals surface area contributed by atoms with Crippen molar-refractivity contribution >= 4 is 16.7 Å². The molecule has 0 spiro atoms. The predicted molar refractivity (Wildman–Crippen MR) is 57.3 cm³/mol. The SMILES string of the molecule is NCCNC(=O)CS(=O)C1CCCC1. The highest BCUT2D eigenvalue weighted by Gasteiger charge is 2.22. The van der Waals surface area contributed by atoms with Gasteiger partial charge in [0.15, 0.2) is 0 Å². The van der Waals surface area contributed by atoms with E-state index in [1.807, 2.05) is 0 Å². The summed E-state index contributed by atoms with van der Waals surface area (Å²) in [5.41, 5.74) is 5.24. The second-order valence-corrected chi connectivity index (χ2v) is 5.29. The number of amides is 1. The fourth-order valence-electron chi connectivity index (χ4n) is 1.66. The molecule has 1 aliphatic rings. The van der Waals surface area contributed by atoms with Gasteiger partial charge in [0.2, 0.25) is 5.91 Å². The van der Waals surface area contributed by atoms with Gasteiger partial charge in [-0.3, -0.25) is 9.00 Å². The van der Waals surface area contributed by atoms with Crippen LogP contribution in [0.5, 0.6) is 0 Å². The van der Waals surface area contributed by atoms with Crippen molar-refractivity contribution in [1.82, 2.24) is 5.32 Å². The number of nitrogens with one attached hydrogen (secondary N) is 1. The first-order valence-electron chi connectivity index (χ1n) is 5.08. The monoisotopic (exact) mass is 218 g/mol. The van der Waals surface area contributed by atoms with Crippen molar-refractivity contribution in [3.63, 3.8) is 0 Å². The molecule has 4 nitrogen and oxygen atoms in total. The minimum Gasteiger partial charge on any atom is -0.354 e. The van der Waals surface area contributed by atoms with E-state index in [1.165, 1.54) is 0 Å². The van der Waals surface area contributed by atoms with Crippen LogP contribution in [0.15, 0.2) is 0 Å². The Hall–Kier alpha value is -0.420. The van der Waals surface area contributed by atoms with Crippen molar-refractivity contribution in [1.29, 1.82) is 0 Å². The van der Waals surface area contributed by atoms with Crippen LogP contribution in [0, 0.1) is 0 Å². The summed E-state index contributed by atoms with van der Waals surface area (Å²) in [4.78, 5) is 11.2. The van der Waals surface area contributed by atoms with Crippen LogP contribution in [0.1, 0.15) is 25.7 Å². The zero-order chi connectivity index (χ0) is 10.4. The Labute approximate surface area is 87.1 Å². The van der Waals surface area contributed by atoms with E-state index in [0.717, 1.165) is 25.7 Å². The fourth-order valence-corrected chi connectivity index (χ4v) is 3.12. The van der Waals surface area contributed by atoms with Crippen molar-refractivity contribution in [2.45, 2.75) is 30.9 Å². The maximum atomic E-state index is 11.6. The summed E-state index contributed by atoms with van der Waals surface area (Å²) < 4.78 is 11.6. The van der Waals surface area contributed by atoms with E-state index in [2.05, 4.69) is 5.32 Å². The van der Waals surface area contributed by atoms with Gasteiger partial charge in [0.05, 0.1) is 0 Å². The molecule has 1 fully saturated rings. The topological polar surface area (TPSA) is 72.2 Å². The zero-order valence-corrected chi connectivity index (χ0v) is 9.15. The van der Waals surface area contributed by atoms with Crippen LogP contribution in [-0.4, -0.2) is 34.2 Å². The lowest BCUT2D eigenvalue weighted by Crippen LogP contribution is -2.34. The van der Waals surface area contributed by atoms with Crippen LogP contribution in [0.2, 0.25) is 0 Å². The standard InChI is InChI=1S/C9H18N2O2S/c10-5-6-11-9(12)7-14(13)8-3-1-2-4-8/h8H,1-7,10H2,(H,11,12). The Balaban J connectivity index is 2.21. The summed E-state index contributed by atoms with van der Waals surface area (Å²) in [6, 6.07) is 0. The van der Waals surface area contributed by atoms with Gasteiger partial charge < -0.3 is 11.1 Å². The second-order valence-electron chi connectivity index (χ2n) is 3.57. The highest BCUT2D eigenvalue weighted by atomic mass is 32.2. The quantitative estimate of drug-likeness (QED) is 0.668. The van der Waals surface area contributed by atoms with Gasteiger partial charge in [0.1, 0.15) is 5.75 Å². The highest BCUT2D eigenvalue weighted by Crippen LogP contribution is 2.22. The molecule has 0 radical (unpaired) electrons. The third-order valence-electron chi connectivity index (χ3n) is 2.41. The van der Waals surface area contributed by atoms with Crippen molar-refractivity contribution in [2.24, 2.45) is 5.73 Å². The second kappa shape index (κ2) is 6.14. The highest BCUT2D eigenvalue weighted by molar-refractivity contribution is 7.86. The van der Waals surface area contributed by atoms with E-state index in [9.17, 15) is 9.00 Å². The smallest absolute Gasteiger partial charge is 0.232 e. The summed E-state index contributed by atoms with van der Waals surface area (Å²) in [7, 11) is -0.982. The molecule has 0 aromatic heterocycles. The molecule has 82 valence electrons. The average molecular weight is 218 g/mol. The van der Waals surface area contributed by atoms with Gasteiger partial charge in [0.25, 0.3) is 0 Å². The molecule has 5 heteroatoms. The van der Waals surface area contributed by atoms with Crippen LogP contribution in [0.25, 0.3) is 0 Å². The molecule has 0 heterocycles. The minimum absolute atomic E-state index is 0.138. The number of hydrogen-bond acceptors (Lipinski definition) is 3. The molecule has 3 N–H and O–H groups in total. The fraction of sp³-hybridized carbons (Fsp3) is 0.889. The van der Waals surface area contributed by atoms with Crippen molar-refractivity contribution in [2.75, 3.05) is 18.8 Å². The first kappa shape index (κ1) is 11.7. The Morgan fingerprint density at radius 2 is 2.07 bits per heavy atom. The molecule has 1 unspecified atom stereocenters. The Kier molecular flexibility index (Phi) is 5.11. The van der Waals surface area contributed by atoms with Crippen molar-refractivity contribution in [3.05, 3.63) is 0 Å². The third-order valence-corrected chi connectivity index (χ3v) is 4.18. The lowest BCUT2D eigenvalue weighted by Gasteiger charge is -2.08. The maximum Gasteiger partial charge on any atom is 0.232 e. The van der Waals surface area contributed by atoms with Gasteiger partial charge >= 0.3 is 0 Å². The molecule has 14 heavy (non-hydrogen) atoms. The Morgan fingerprint density at radius 1 is 1.43 bits per heavy atom. The van der Waals surface area contributed by atoms with Crippen LogP contribution in [0.4, 0.5) is 0 Å². The molecule has 0 aromatic rings. The molecule has 1 rings (SSSR count). The van der Waals surface area contributed by atoms with Crippen LogP contribution >= 0.6 is 0 Å². The summed E-state index contributed by atoms with van der Waals surface area (Å²) in [5, 5.41) is 2.88. The molecule has 1 aliphatic carbocycles. The van der Waals surface area contributed by atoms with Gasteiger partial charge in [-0.2, -0.15) is 0 Å². The van der Waals surface area contributed by atoms with Gasteiger partial charge in [-0.15, -0.1) is 0 Å². The molecule has 0 bridgehead atoms. The van der Waals surface area contributed by atoms with E-state index >= 15 is 0 Å². The molecule has 1 amide bonds. The van der Waals surface area contributed by atoms with Gasteiger partial charge in [0, 0.05) is 29.1 Å². The van der Waals surface area contributed by atoms with Gasteiger partial charge in [-0.05, 0) is 12.8 Å². The Morgan fingerprint density at radius 3 is 2.64 bits per heavy atom. The summed E-state index contributed by atoms with van der Waals surface area (Å²) in [6.07, 6.45) is 4.33. The van der Waals surface area contributed by atoms with Crippen molar-refractivity contribution in [3.8, 4) is 0 Å². The molecule has 0 aromatic carbocycles. The third kappa shape index (κ3) is 3.75. The molecular weight excluding hydrogens is 200 g/mol. The Bertz CT molecular complexity index is 215. The maximum absolute atomic E-state index is 11.6.